The minimum absolute atomic E-state index is 0.0237. The molecule has 0 N–H and O–H groups in total. The number of rotatable bonds is 6. The van der Waals surface area contributed by atoms with Crippen molar-refractivity contribution in [3.8, 4) is 11.8 Å². The molecular weight excluding hydrogens is 357 g/mol. The van der Waals surface area contributed by atoms with Crippen molar-refractivity contribution in [2.45, 2.75) is 18.8 Å². The smallest absolute Gasteiger partial charge is 0.321 e. The minimum Gasteiger partial charge on any atom is -0.424 e. The van der Waals surface area contributed by atoms with Crippen LogP contribution in [0.1, 0.15) is 5.69 Å². The first-order valence-corrected chi connectivity index (χ1v) is 7.68. The van der Waals surface area contributed by atoms with Crippen LogP contribution in [0.3, 0.4) is 0 Å². The first-order chi connectivity index (χ1) is 12.1. The second-order valence-electron chi connectivity index (χ2n) is 5.15. The van der Waals surface area contributed by atoms with E-state index in [1.165, 1.54) is 18.7 Å². The number of aromatic nitrogens is 4. The Morgan fingerprint density at radius 3 is 2.52 bits per heavy atom. The Labute approximate surface area is 145 Å². The molecule has 1 aromatic carbocycles. The first-order valence-electron chi connectivity index (χ1n) is 7.30. The van der Waals surface area contributed by atoms with Gasteiger partial charge in [0.1, 0.15) is 24.9 Å². The lowest BCUT2D eigenvalue weighted by atomic mass is 10.1. The molecule has 0 saturated heterocycles. The van der Waals surface area contributed by atoms with Crippen molar-refractivity contribution in [1.82, 2.24) is 19.9 Å². The van der Waals surface area contributed by atoms with Crippen molar-refractivity contribution in [3.63, 3.8) is 0 Å². The van der Waals surface area contributed by atoms with Gasteiger partial charge in [0.15, 0.2) is 6.17 Å². The van der Waals surface area contributed by atoms with E-state index in [4.69, 9.17) is 16.3 Å². The van der Waals surface area contributed by atoms with Crippen LogP contribution in [0, 0.1) is 0 Å². The third-order valence-electron chi connectivity index (χ3n) is 3.43. The van der Waals surface area contributed by atoms with Crippen molar-refractivity contribution in [3.05, 3.63) is 47.6 Å². The number of ether oxygens (including phenoxy) is 1. The first kappa shape index (κ1) is 17.3. The topological polar surface area (TPSA) is 60.8 Å². The molecule has 3 aromatic rings. The monoisotopic (exact) mass is 368 g/mol. The molecule has 9 heteroatoms. The maximum Gasteiger partial charge on any atom is 0.321 e. The second kappa shape index (κ2) is 7.60. The fourth-order valence-electron chi connectivity index (χ4n) is 2.24. The number of hydrogen-bond acceptors (Lipinski definition) is 5. The summed E-state index contributed by atoms with van der Waals surface area (Å²) in [7, 11) is 0. The lowest BCUT2D eigenvalue weighted by Gasteiger charge is -2.13. The molecule has 2 atom stereocenters. The maximum absolute atomic E-state index is 13.9. The predicted octanol–water partition coefficient (Wildman–Crippen LogP) is 4.05. The zero-order valence-electron chi connectivity index (χ0n) is 12.7. The summed E-state index contributed by atoms with van der Waals surface area (Å²) in [6, 6.07) is 4.97. The molecule has 0 amide bonds. The van der Waals surface area contributed by atoms with E-state index < -0.39 is 25.4 Å². The van der Waals surface area contributed by atoms with Gasteiger partial charge in [0.25, 0.3) is 0 Å². The molecule has 0 radical (unpaired) electrons. The van der Waals surface area contributed by atoms with Gasteiger partial charge in [0.05, 0.1) is 34.0 Å². The summed E-state index contributed by atoms with van der Waals surface area (Å²) in [5.74, 6) is 0.276. The van der Waals surface area contributed by atoms with Gasteiger partial charge < -0.3 is 4.74 Å². The molecule has 0 spiro atoms. The third kappa shape index (κ3) is 3.96. The fourth-order valence-corrected chi connectivity index (χ4v) is 2.34. The molecule has 2 unspecified atom stereocenters. The van der Waals surface area contributed by atoms with Crippen LogP contribution < -0.4 is 4.74 Å². The Hall–Kier alpha value is -2.48. The van der Waals surface area contributed by atoms with Crippen LogP contribution >= 0.6 is 11.6 Å². The Kier molecular flexibility index (Phi) is 5.28. The van der Waals surface area contributed by atoms with E-state index in [1.807, 2.05) is 0 Å². The maximum atomic E-state index is 13.9. The van der Waals surface area contributed by atoms with Gasteiger partial charge in [-0.2, -0.15) is 0 Å². The molecule has 2 aromatic heterocycles. The van der Waals surface area contributed by atoms with Gasteiger partial charge in [-0.1, -0.05) is 17.7 Å². The highest BCUT2D eigenvalue weighted by molar-refractivity contribution is 6.30. The lowest BCUT2D eigenvalue weighted by Crippen LogP contribution is -2.22. The van der Waals surface area contributed by atoms with Gasteiger partial charge in [0.2, 0.25) is 0 Å². The van der Waals surface area contributed by atoms with Crippen LogP contribution in [0.15, 0.2) is 36.9 Å². The van der Waals surface area contributed by atoms with Crippen molar-refractivity contribution >= 4 is 22.5 Å². The van der Waals surface area contributed by atoms with Crippen LogP contribution in [-0.2, 0) is 6.42 Å². The number of nitrogens with zero attached hydrogens (tertiary/aromatic N) is 4. The van der Waals surface area contributed by atoms with E-state index in [1.54, 1.807) is 18.2 Å². The number of benzene rings is 1. The molecule has 2 heterocycles. The van der Waals surface area contributed by atoms with E-state index in [9.17, 15) is 13.2 Å². The van der Waals surface area contributed by atoms with E-state index in [0.29, 0.717) is 15.9 Å². The highest BCUT2D eigenvalue weighted by atomic mass is 35.5. The van der Waals surface area contributed by atoms with Gasteiger partial charge in [-0.25, -0.2) is 33.1 Å². The van der Waals surface area contributed by atoms with E-state index in [-0.39, 0.29) is 17.5 Å². The Morgan fingerprint density at radius 2 is 1.80 bits per heavy atom. The normalized spacial score (nSPS) is 13.6. The average molecular weight is 369 g/mol. The van der Waals surface area contributed by atoms with Crippen LogP contribution in [0.4, 0.5) is 13.2 Å². The summed E-state index contributed by atoms with van der Waals surface area (Å²) in [5.41, 5.74) is 0.678. The van der Waals surface area contributed by atoms with Crippen molar-refractivity contribution < 1.29 is 17.9 Å². The number of fused-ring (bicyclic) bond motifs is 1. The van der Waals surface area contributed by atoms with Gasteiger partial charge in [-0.05, 0) is 12.1 Å². The lowest BCUT2D eigenvalue weighted by molar-refractivity contribution is 0.136. The fraction of sp³-hybridized carbons (Fsp3) is 0.250. The zero-order chi connectivity index (χ0) is 17.8. The van der Waals surface area contributed by atoms with E-state index in [0.717, 1.165) is 0 Å². The molecule has 0 saturated carbocycles. The largest absolute Gasteiger partial charge is 0.424 e. The number of alkyl halides is 3. The van der Waals surface area contributed by atoms with E-state index >= 15 is 0 Å². The summed E-state index contributed by atoms with van der Waals surface area (Å²) in [4.78, 5) is 15.9. The van der Waals surface area contributed by atoms with Crippen LogP contribution in [0.5, 0.6) is 11.8 Å². The SMILES string of the molecule is FCC(F)C(F)Cc1ncnc2cccc(Oc3ncc(Cl)cn3)c12. The van der Waals surface area contributed by atoms with Crippen LogP contribution in [0.25, 0.3) is 10.9 Å². The summed E-state index contributed by atoms with van der Waals surface area (Å²) >= 11 is 5.73. The molecular formula is C16H12ClF3N4O. The molecule has 3 rings (SSSR count). The average Bonchev–Trinajstić information content (AvgIpc) is 2.63. The van der Waals surface area contributed by atoms with E-state index in [2.05, 4.69) is 19.9 Å². The molecule has 25 heavy (non-hydrogen) atoms. The molecule has 0 aliphatic carbocycles. The van der Waals surface area contributed by atoms with Gasteiger partial charge in [-0.15, -0.1) is 0 Å². The molecule has 0 bridgehead atoms. The van der Waals surface area contributed by atoms with Crippen molar-refractivity contribution in [2.24, 2.45) is 0 Å². The molecule has 130 valence electrons. The standard InChI is InChI=1S/C16H12ClF3N4O/c17-9-6-21-16(22-7-9)25-14-3-1-2-12-15(14)13(24-8-23-12)4-10(19)11(20)5-18/h1-3,6-8,10-11H,4-5H2. The van der Waals surface area contributed by atoms with Gasteiger partial charge in [-0.3, -0.25) is 0 Å². The van der Waals surface area contributed by atoms with Gasteiger partial charge >= 0.3 is 6.01 Å². The third-order valence-corrected chi connectivity index (χ3v) is 3.62. The van der Waals surface area contributed by atoms with Crippen molar-refractivity contribution in [1.29, 1.82) is 0 Å². The quantitative estimate of drug-likeness (QED) is 0.656. The summed E-state index contributed by atoms with van der Waals surface area (Å²) < 4.78 is 45.1. The summed E-state index contributed by atoms with van der Waals surface area (Å²) in [6.45, 7) is -1.40. The molecule has 5 nitrogen and oxygen atoms in total. The predicted molar refractivity (Wildman–Crippen MR) is 86.1 cm³/mol. The Bertz CT molecular complexity index is 860. The number of halogens is 4. The van der Waals surface area contributed by atoms with Crippen molar-refractivity contribution in [2.75, 3.05) is 6.67 Å². The molecule has 0 aliphatic heterocycles. The summed E-state index contributed by atoms with van der Waals surface area (Å²) in [5, 5.41) is 0.729. The highest BCUT2D eigenvalue weighted by Gasteiger charge is 2.23. The zero-order valence-corrected chi connectivity index (χ0v) is 13.5. The summed E-state index contributed by atoms with van der Waals surface area (Å²) in [6.07, 6.45) is -0.694. The molecule has 0 aliphatic rings. The highest BCUT2D eigenvalue weighted by Crippen LogP contribution is 2.30. The Balaban J connectivity index is 1.99. The molecule has 0 fully saturated rings. The Morgan fingerprint density at radius 1 is 1.04 bits per heavy atom. The van der Waals surface area contributed by atoms with Crippen LogP contribution in [-0.4, -0.2) is 39.0 Å². The van der Waals surface area contributed by atoms with Gasteiger partial charge in [0, 0.05) is 6.42 Å². The van der Waals surface area contributed by atoms with Crippen LogP contribution in [0.2, 0.25) is 5.02 Å². The number of hydrogen-bond donors (Lipinski definition) is 0. The minimum atomic E-state index is -2.21. The second-order valence-corrected chi connectivity index (χ2v) is 5.58.